The zero-order valence-electron chi connectivity index (χ0n) is 23.0. The number of carbonyl (C=O) groups is 1. The maximum atomic E-state index is 13.9. The van der Waals surface area contributed by atoms with E-state index in [2.05, 4.69) is 4.90 Å². The van der Waals surface area contributed by atoms with Gasteiger partial charge in [0, 0.05) is 37.8 Å². The van der Waals surface area contributed by atoms with E-state index in [1.54, 1.807) is 6.92 Å². The van der Waals surface area contributed by atoms with Crippen LogP contribution in [-0.2, 0) is 12.7 Å². The van der Waals surface area contributed by atoms with E-state index >= 15 is 0 Å². The van der Waals surface area contributed by atoms with Gasteiger partial charge in [-0.15, -0.1) is 0 Å². The average molecular weight is 557 g/mol. The van der Waals surface area contributed by atoms with Crippen LogP contribution in [0.3, 0.4) is 0 Å². The number of pyridine rings is 1. The molecule has 0 aliphatic carbocycles. The predicted molar refractivity (Wildman–Crippen MR) is 149 cm³/mol. The van der Waals surface area contributed by atoms with Crippen LogP contribution in [0.2, 0.25) is 0 Å². The monoisotopic (exact) mass is 556 g/mol. The highest BCUT2D eigenvalue weighted by atomic mass is 19.4. The summed E-state index contributed by atoms with van der Waals surface area (Å²) in [6, 6.07) is 15.0. The Kier molecular flexibility index (Phi) is 9.19. The summed E-state index contributed by atoms with van der Waals surface area (Å²) in [6.45, 7) is 7.54. The number of rotatable bonds is 9. The van der Waals surface area contributed by atoms with Crippen LogP contribution in [0.25, 0.3) is 11.3 Å². The second kappa shape index (κ2) is 12.6. The molecule has 1 fully saturated rings. The first-order valence-electron chi connectivity index (χ1n) is 13.5. The molecule has 1 aromatic heterocycles. The normalized spacial score (nSPS) is 15.7. The quantitative estimate of drug-likeness (QED) is 0.361. The van der Waals surface area contributed by atoms with E-state index in [0.29, 0.717) is 25.3 Å². The Bertz CT molecular complexity index is 1330. The second-order valence-corrected chi connectivity index (χ2v) is 9.44. The standard InChI is InChI=1S/C30H35F3N4O3/c1-4-20-19-36(29(38)22-12-11-21(39-5-2)17-24(22)30(31,32)33)15-16-37(20)27-14-13-25(35-26(27)18-34)23-9-7-8-10-28(23)40-6-3/h7-14,17,20H,4-6,15-16,18-19,34H2,1-3H3/t20-/m1/s1. The van der Waals surface area contributed by atoms with Gasteiger partial charge >= 0.3 is 6.18 Å². The van der Waals surface area contributed by atoms with Crippen molar-refractivity contribution < 1.29 is 27.4 Å². The maximum absolute atomic E-state index is 13.9. The number of ether oxygens (including phenoxy) is 2. The Morgan fingerprint density at radius 3 is 2.45 bits per heavy atom. The molecule has 7 nitrogen and oxygen atoms in total. The van der Waals surface area contributed by atoms with E-state index in [9.17, 15) is 18.0 Å². The molecular weight excluding hydrogens is 521 g/mol. The van der Waals surface area contributed by atoms with Crippen molar-refractivity contribution in [2.75, 3.05) is 37.7 Å². The van der Waals surface area contributed by atoms with Gasteiger partial charge < -0.3 is 25.0 Å². The Morgan fingerprint density at radius 2 is 1.77 bits per heavy atom. The molecule has 0 unspecified atom stereocenters. The van der Waals surface area contributed by atoms with Crippen LogP contribution in [0, 0.1) is 0 Å². The summed E-state index contributed by atoms with van der Waals surface area (Å²) in [5, 5.41) is 0. The molecule has 0 spiro atoms. The van der Waals surface area contributed by atoms with E-state index in [1.165, 1.54) is 17.0 Å². The average Bonchev–Trinajstić information content (AvgIpc) is 2.96. The number of benzene rings is 2. The molecule has 2 aromatic carbocycles. The van der Waals surface area contributed by atoms with Crippen LogP contribution in [0.15, 0.2) is 54.6 Å². The van der Waals surface area contributed by atoms with Crippen molar-refractivity contribution in [2.24, 2.45) is 5.73 Å². The number of halogens is 3. The van der Waals surface area contributed by atoms with E-state index in [-0.39, 0.29) is 43.6 Å². The summed E-state index contributed by atoms with van der Waals surface area (Å²) in [5.41, 5.74) is 7.93. The fourth-order valence-electron chi connectivity index (χ4n) is 5.09. The number of nitrogens with zero attached hydrogens (tertiary/aromatic N) is 3. The molecule has 1 saturated heterocycles. The molecule has 3 aromatic rings. The van der Waals surface area contributed by atoms with Crippen molar-refractivity contribution in [1.82, 2.24) is 9.88 Å². The number of hydrogen-bond acceptors (Lipinski definition) is 6. The van der Waals surface area contributed by atoms with Gasteiger partial charge in [-0.1, -0.05) is 19.1 Å². The number of alkyl halides is 3. The molecule has 2 N–H and O–H groups in total. The number of anilines is 1. The van der Waals surface area contributed by atoms with Crippen molar-refractivity contribution in [3.8, 4) is 22.8 Å². The van der Waals surface area contributed by atoms with Gasteiger partial charge in [0.05, 0.1) is 41.4 Å². The predicted octanol–water partition coefficient (Wildman–Crippen LogP) is 5.76. The fraction of sp³-hybridized carbons (Fsp3) is 0.400. The lowest BCUT2D eigenvalue weighted by atomic mass is 10.0. The van der Waals surface area contributed by atoms with Crippen molar-refractivity contribution in [3.63, 3.8) is 0 Å². The number of para-hydroxylation sites is 1. The first-order chi connectivity index (χ1) is 19.2. The van der Waals surface area contributed by atoms with Gasteiger partial charge in [0.2, 0.25) is 0 Å². The highest BCUT2D eigenvalue weighted by Gasteiger charge is 2.38. The molecule has 1 atom stereocenters. The molecule has 0 saturated carbocycles. The molecular formula is C30H35F3N4O3. The van der Waals surface area contributed by atoms with Gasteiger partial charge in [-0.2, -0.15) is 13.2 Å². The number of piperazine rings is 1. The van der Waals surface area contributed by atoms with Crippen LogP contribution < -0.4 is 20.1 Å². The molecule has 0 bridgehead atoms. The van der Waals surface area contributed by atoms with E-state index < -0.39 is 17.6 Å². The SMILES string of the molecule is CCOc1ccc(C(=O)N2CCN(c3ccc(-c4ccccc4OCC)nc3CN)[C@H](CC)C2)c(C(F)(F)F)c1. The van der Waals surface area contributed by atoms with E-state index in [1.807, 2.05) is 50.2 Å². The van der Waals surface area contributed by atoms with Crippen LogP contribution in [-0.4, -0.2) is 54.7 Å². The molecule has 0 radical (unpaired) electrons. The zero-order valence-corrected chi connectivity index (χ0v) is 23.0. The van der Waals surface area contributed by atoms with E-state index in [0.717, 1.165) is 28.8 Å². The highest BCUT2D eigenvalue weighted by Crippen LogP contribution is 2.36. The van der Waals surface area contributed by atoms with Gasteiger partial charge in [0.25, 0.3) is 5.91 Å². The molecule has 1 amide bonds. The molecule has 10 heteroatoms. The summed E-state index contributed by atoms with van der Waals surface area (Å²) >= 11 is 0. The summed E-state index contributed by atoms with van der Waals surface area (Å²) < 4.78 is 52.6. The lowest BCUT2D eigenvalue weighted by Gasteiger charge is -2.43. The highest BCUT2D eigenvalue weighted by molar-refractivity contribution is 5.96. The molecule has 1 aliphatic rings. The smallest absolute Gasteiger partial charge is 0.417 e. The van der Waals surface area contributed by atoms with Crippen molar-refractivity contribution in [2.45, 2.75) is 46.0 Å². The second-order valence-electron chi connectivity index (χ2n) is 9.44. The van der Waals surface area contributed by atoms with Crippen LogP contribution in [0.5, 0.6) is 11.5 Å². The number of hydrogen-bond donors (Lipinski definition) is 1. The topological polar surface area (TPSA) is 80.9 Å². The van der Waals surface area contributed by atoms with Crippen molar-refractivity contribution in [3.05, 3.63) is 71.4 Å². The summed E-state index contributed by atoms with van der Waals surface area (Å²) in [5.74, 6) is 0.171. The van der Waals surface area contributed by atoms with Gasteiger partial charge in [0.1, 0.15) is 11.5 Å². The Balaban J connectivity index is 1.59. The minimum Gasteiger partial charge on any atom is -0.494 e. The third kappa shape index (κ3) is 6.17. The van der Waals surface area contributed by atoms with Crippen LogP contribution in [0.1, 0.15) is 48.8 Å². The summed E-state index contributed by atoms with van der Waals surface area (Å²) in [6.07, 6.45) is -4.01. The largest absolute Gasteiger partial charge is 0.494 e. The fourth-order valence-corrected chi connectivity index (χ4v) is 5.09. The Hall–Kier alpha value is -3.79. The number of nitrogens with two attached hydrogens (primary N) is 1. The number of amides is 1. The zero-order chi connectivity index (χ0) is 28.9. The number of aromatic nitrogens is 1. The van der Waals surface area contributed by atoms with Gasteiger partial charge in [0.15, 0.2) is 0 Å². The minimum atomic E-state index is -4.69. The van der Waals surface area contributed by atoms with Gasteiger partial charge in [-0.3, -0.25) is 4.79 Å². The molecule has 40 heavy (non-hydrogen) atoms. The first kappa shape index (κ1) is 29.2. The third-order valence-corrected chi connectivity index (χ3v) is 6.99. The maximum Gasteiger partial charge on any atom is 0.417 e. The van der Waals surface area contributed by atoms with Crippen molar-refractivity contribution >= 4 is 11.6 Å². The lowest BCUT2D eigenvalue weighted by Crippen LogP contribution is -2.55. The third-order valence-electron chi connectivity index (χ3n) is 6.99. The van der Waals surface area contributed by atoms with Gasteiger partial charge in [-0.25, -0.2) is 4.98 Å². The Labute approximate surface area is 232 Å². The first-order valence-corrected chi connectivity index (χ1v) is 13.5. The molecule has 2 heterocycles. The number of carbonyl (C=O) groups excluding carboxylic acids is 1. The van der Waals surface area contributed by atoms with E-state index in [4.69, 9.17) is 20.2 Å². The van der Waals surface area contributed by atoms with Crippen LogP contribution >= 0.6 is 0 Å². The summed E-state index contributed by atoms with van der Waals surface area (Å²) in [7, 11) is 0. The van der Waals surface area contributed by atoms with Gasteiger partial charge in [-0.05, 0) is 62.7 Å². The molecule has 1 aliphatic heterocycles. The molecule has 4 rings (SSSR count). The minimum absolute atomic E-state index is 0.0803. The lowest BCUT2D eigenvalue weighted by molar-refractivity contribution is -0.138. The van der Waals surface area contributed by atoms with Crippen molar-refractivity contribution in [1.29, 1.82) is 0 Å². The molecule has 214 valence electrons. The summed E-state index contributed by atoms with van der Waals surface area (Å²) in [4.78, 5) is 21.9. The van der Waals surface area contributed by atoms with Crippen LogP contribution in [0.4, 0.5) is 18.9 Å². The Morgan fingerprint density at radius 1 is 1.02 bits per heavy atom.